The molecule has 1 atom stereocenters. The van der Waals surface area contributed by atoms with E-state index in [1.165, 1.54) is 6.07 Å². The standard InChI is InChI=1S/C17H15BrClF2NO2/c18-15-7-5-11(9-22-15)16(19)10-4-6-13(24-17(20)21)14(8-10)23-12-2-1-3-12/h4-9,12,16-17H,1-3H2. The Kier molecular flexibility index (Phi) is 5.56. The first kappa shape index (κ1) is 17.4. The van der Waals surface area contributed by atoms with Gasteiger partial charge in [0, 0.05) is 6.20 Å². The van der Waals surface area contributed by atoms with Crippen LogP contribution in [0, 0.1) is 0 Å². The van der Waals surface area contributed by atoms with E-state index < -0.39 is 12.0 Å². The number of aromatic nitrogens is 1. The third-order valence-corrected chi connectivity index (χ3v) is 4.84. The molecule has 1 aromatic heterocycles. The Morgan fingerprint density at radius 2 is 1.88 bits per heavy atom. The zero-order valence-corrected chi connectivity index (χ0v) is 14.9. The minimum absolute atomic E-state index is 0.0263. The van der Waals surface area contributed by atoms with Gasteiger partial charge in [-0.15, -0.1) is 11.6 Å². The lowest BCUT2D eigenvalue weighted by Gasteiger charge is -2.27. The molecule has 1 saturated carbocycles. The van der Waals surface area contributed by atoms with Gasteiger partial charge >= 0.3 is 6.61 Å². The van der Waals surface area contributed by atoms with E-state index in [9.17, 15) is 8.78 Å². The smallest absolute Gasteiger partial charge is 0.387 e. The van der Waals surface area contributed by atoms with Gasteiger partial charge in [-0.3, -0.25) is 0 Å². The summed E-state index contributed by atoms with van der Waals surface area (Å²) in [5, 5.41) is -0.463. The van der Waals surface area contributed by atoms with Crippen molar-refractivity contribution in [3.8, 4) is 11.5 Å². The Hall–Kier alpha value is -1.40. The summed E-state index contributed by atoms with van der Waals surface area (Å²) in [7, 11) is 0. The molecular weight excluding hydrogens is 404 g/mol. The summed E-state index contributed by atoms with van der Waals surface area (Å²) in [5.74, 6) is 0.326. The van der Waals surface area contributed by atoms with Crippen molar-refractivity contribution in [2.75, 3.05) is 0 Å². The molecule has 128 valence electrons. The molecule has 24 heavy (non-hydrogen) atoms. The van der Waals surface area contributed by atoms with Gasteiger partial charge in [-0.25, -0.2) is 4.98 Å². The summed E-state index contributed by atoms with van der Waals surface area (Å²) in [4.78, 5) is 4.15. The van der Waals surface area contributed by atoms with E-state index in [0.29, 0.717) is 10.4 Å². The van der Waals surface area contributed by atoms with E-state index in [0.717, 1.165) is 30.4 Å². The molecule has 7 heteroatoms. The van der Waals surface area contributed by atoms with E-state index in [1.807, 2.05) is 6.07 Å². The quantitative estimate of drug-likeness (QED) is 0.445. The zero-order chi connectivity index (χ0) is 17.1. The van der Waals surface area contributed by atoms with Crippen LogP contribution >= 0.6 is 27.5 Å². The van der Waals surface area contributed by atoms with Gasteiger partial charge in [0.15, 0.2) is 11.5 Å². The van der Waals surface area contributed by atoms with E-state index in [4.69, 9.17) is 16.3 Å². The van der Waals surface area contributed by atoms with Crippen molar-refractivity contribution in [2.24, 2.45) is 0 Å². The van der Waals surface area contributed by atoms with Gasteiger partial charge in [0.2, 0.25) is 0 Å². The highest BCUT2D eigenvalue weighted by molar-refractivity contribution is 9.10. The second-order valence-electron chi connectivity index (χ2n) is 5.53. The zero-order valence-electron chi connectivity index (χ0n) is 12.6. The second kappa shape index (κ2) is 7.66. The molecule has 1 unspecified atom stereocenters. The Morgan fingerprint density at radius 3 is 2.46 bits per heavy atom. The highest BCUT2D eigenvalue weighted by Gasteiger charge is 2.23. The number of nitrogens with zero attached hydrogens (tertiary/aromatic N) is 1. The lowest BCUT2D eigenvalue weighted by atomic mass is 9.96. The molecule has 0 aliphatic heterocycles. The Morgan fingerprint density at radius 1 is 1.12 bits per heavy atom. The Labute approximate surface area is 152 Å². The number of hydrogen-bond acceptors (Lipinski definition) is 3. The Balaban J connectivity index is 1.87. The predicted molar refractivity (Wildman–Crippen MR) is 91.0 cm³/mol. The van der Waals surface area contributed by atoms with Crippen LogP contribution in [0.5, 0.6) is 11.5 Å². The number of halogens is 4. The van der Waals surface area contributed by atoms with Crippen molar-refractivity contribution in [3.63, 3.8) is 0 Å². The van der Waals surface area contributed by atoms with Crippen LogP contribution in [0.15, 0.2) is 41.1 Å². The molecule has 2 aromatic rings. The maximum absolute atomic E-state index is 12.6. The average molecular weight is 419 g/mol. The molecule has 0 spiro atoms. The summed E-state index contributed by atoms with van der Waals surface area (Å²) in [6.45, 7) is -2.90. The fraction of sp³-hybridized carbons (Fsp3) is 0.353. The SMILES string of the molecule is FC(F)Oc1ccc(C(Cl)c2ccc(Br)nc2)cc1OC1CCC1. The van der Waals surface area contributed by atoms with Crippen LogP contribution in [0.4, 0.5) is 8.78 Å². The van der Waals surface area contributed by atoms with Gasteiger partial charge in [-0.2, -0.15) is 8.78 Å². The third kappa shape index (κ3) is 4.16. The van der Waals surface area contributed by atoms with Gasteiger partial charge in [0.1, 0.15) is 4.60 Å². The van der Waals surface area contributed by atoms with E-state index in [-0.39, 0.29) is 11.9 Å². The average Bonchev–Trinajstić information content (AvgIpc) is 2.51. The normalized spacial score (nSPS) is 15.9. The molecule has 0 N–H and O–H groups in total. The number of pyridine rings is 1. The van der Waals surface area contributed by atoms with Crippen LogP contribution in [0.3, 0.4) is 0 Å². The van der Waals surface area contributed by atoms with E-state index in [1.54, 1.807) is 24.4 Å². The van der Waals surface area contributed by atoms with Crippen molar-refractivity contribution >= 4 is 27.5 Å². The van der Waals surface area contributed by atoms with Gasteiger partial charge in [-0.1, -0.05) is 12.1 Å². The molecule has 1 aliphatic rings. The molecular formula is C17H15BrClF2NO2. The first-order chi connectivity index (χ1) is 11.5. The summed E-state index contributed by atoms with van der Waals surface area (Å²) in [5.41, 5.74) is 1.54. The second-order valence-corrected chi connectivity index (χ2v) is 6.78. The maximum atomic E-state index is 12.6. The minimum atomic E-state index is -2.90. The Bertz CT molecular complexity index is 695. The lowest BCUT2D eigenvalue weighted by molar-refractivity contribution is -0.0527. The highest BCUT2D eigenvalue weighted by Crippen LogP contribution is 2.38. The summed E-state index contributed by atoms with van der Waals surface area (Å²) in [6, 6.07) is 8.44. The third-order valence-electron chi connectivity index (χ3n) is 3.87. The van der Waals surface area contributed by atoms with Crippen LogP contribution in [0.2, 0.25) is 0 Å². The topological polar surface area (TPSA) is 31.4 Å². The van der Waals surface area contributed by atoms with Gasteiger partial charge < -0.3 is 9.47 Å². The molecule has 1 fully saturated rings. The van der Waals surface area contributed by atoms with Crippen LogP contribution in [-0.2, 0) is 0 Å². The van der Waals surface area contributed by atoms with Crippen molar-refractivity contribution in [2.45, 2.75) is 37.4 Å². The number of rotatable bonds is 6. The molecule has 0 amide bonds. The van der Waals surface area contributed by atoms with E-state index >= 15 is 0 Å². The van der Waals surface area contributed by atoms with Crippen molar-refractivity contribution < 1.29 is 18.3 Å². The first-order valence-electron chi connectivity index (χ1n) is 7.54. The van der Waals surface area contributed by atoms with Gasteiger partial charge in [0.05, 0.1) is 11.5 Å². The maximum Gasteiger partial charge on any atom is 0.387 e. The molecule has 1 heterocycles. The van der Waals surface area contributed by atoms with Gasteiger partial charge in [0.25, 0.3) is 0 Å². The van der Waals surface area contributed by atoms with Gasteiger partial charge in [-0.05, 0) is 64.5 Å². The van der Waals surface area contributed by atoms with Crippen molar-refractivity contribution in [3.05, 3.63) is 52.3 Å². The summed E-state index contributed by atoms with van der Waals surface area (Å²) in [6.07, 6.45) is 4.62. The molecule has 0 bridgehead atoms. The highest BCUT2D eigenvalue weighted by atomic mass is 79.9. The number of benzene rings is 1. The molecule has 0 radical (unpaired) electrons. The molecule has 3 rings (SSSR count). The summed E-state index contributed by atoms with van der Waals surface area (Å²) < 4.78 is 36.2. The number of hydrogen-bond donors (Lipinski definition) is 0. The molecule has 0 saturated heterocycles. The number of ether oxygens (including phenoxy) is 2. The number of alkyl halides is 3. The van der Waals surface area contributed by atoms with Crippen LogP contribution < -0.4 is 9.47 Å². The van der Waals surface area contributed by atoms with E-state index in [2.05, 4.69) is 25.7 Å². The van der Waals surface area contributed by atoms with Crippen molar-refractivity contribution in [1.29, 1.82) is 0 Å². The molecule has 1 aliphatic carbocycles. The molecule has 1 aromatic carbocycles. The largest absolute Gasteiger partial charge is 0.487 e. The molecule has 3 nitrogen and oxygen atoms in total. The fourth-order valence-corrected chi connectivity index (χ4v) is 2.86. The van der Waals surface area contributed by atoms with Crippen LogP contribution in [0.1, 0.15) is 35.8 Å². The van der Waals surface area contributed by atoms with Crippen LogP contribution in [0.25, 0.3) is 0 Å². The summed E-state index contributed by atoms with van der Waals surface area (Å²) >= 11 is 9.77. The fourth-order valence-electron chi connectivity index (χ4n) is 2.37. The van der Waals surface area contributed by atoms with Crippen molar-refractivity contribution in [1.82, 2.24) is 4.98 Å². The first-order valence-corrected chi connectivity index (χ1v) is 8.77. The monoisotopic (exact) mass is 417 g/mol. The van der Waals surface area contributed by atoms with Crippen LogP contribution in [-0.4, -0.2) is 17.7 Å². The predicted octanol–water partition coefficient (Wildman–Crippen LogP) is 5.71. The lowest BCUT2D eigenvalue weighted by Crippen LogP contribution is -2.25. The minimum Gasteiger partial charge on any atom is -0.487 e.